The first-order valence-electron chi connectivity index (χ1n) is 10.6. The predicted molar refractivity (Wildman–Crippen MR) is 126 cm³/mol. The van der Waals surface area contributed by atoms with Gasteiger partial charge in [0.1, 0.15) is 4.53 Å². The minimum Gasteiger partial charge on any atom is -0.463 e. The van der Waals surface area contributed by atoms with E-state index in [1.54, 1.807) is 19.9 Å². The number of hydrogen-bond acceptors (Lipinski definition) is 6. The van der Waals surface area contributed by atoms with E-state index in [2.05, 4.69) is 10.3 Å². The first-order valence-corrected chi connectivity index (χ1v) is 11.4. The van der Waals surface area contributed by atoms with Crippen molar-refractivity contribution in [2.45, 2.75) is 26.8 Å². The van der Waals surface area contributed by atoms with Crippen molar-refractivity contribution < 1.29 is 14.3 Å². The third kappa shape index (κ3) is 3.34. The molecule has 2 aliphatic rings. The number of fused-ring (bicyclic) bond motifs is 2. The summed E-state index contributed by atoms with van der Waals surface area (Å²) in [5.41, 5.74) is 3.96. The van der Waals surface area contributed by atoms with Crippen LogP contribution in [-0.4, -0.2) is 23.1 Å². The fourth-order valence-corrected chi connectivity index (χ4v) is 5.39. The van der Waals surface area contributed by atoms with Crippen LogP contribution in [0, 0.1) is 6.92 Å². The maximum Gasteiger partial charge on any atom is 0.338 e. The largest absolute Gasteiger partial charge is 0.463 e. The molecule has 0 aliphatic carbocycles. The Morgan fingerprint density at radius 2 is 1.85 bits per heavy atom. The molecular weight excluding hydrogens is 438 g/mol. The molecule has 7 nitrogen and oxygen atoms in total. The maximum atomic E-state index is 13.8. The zero-order chi connectivity index (χ0) is 23.3. The van der Waals surface area contributed by atoms with Crippen molar-refractivity contribution >= 4 is 34.5 Å². The summed E-state index contributed by atoms with van der Waals surface area (Å²) in [6.07, 6.45) is 0. The van der Waals surface area contributed by atoms with E-state index in [1.165, 1.54) is 4.57 Å². The van der Waals surface area contributed by atoms with E-state index < -0.39 is 12.0 Å². The minimum atomic E-state index is -0.699. The Kier molecular flexibility index (Phi) is 5.09. The molecule has 3 heterocycles. The van der Waals surface area contributed by atoms with E-state index in [0.29, 0.717) is 37.4 Å². The molecule has 2 aliphatic heterocycles. The van der Waals surface area contributed by atoms with Gasteiger partial charge in [0.05, 0.1) is 29.5 Å². The van der Waals surface area contributed by atoms with Crippen molar-refractivity contribution in [3.8, 4) is 0 Å². The van der Waals surface area contributed by atoms with E-state index in [1.807, 2.05) is 49.4 Å². The van der Waals surface area contributed by atoms with Crippen molar-refractivity contribution in [1.29, 1.82) is 0 Å². The zero-order valence-electron chi connectivity index (χ0n) is 18.3. The number of nitrogens with one attached hydrogen (secondary N) is 1. The van der Waals surface area contributed by atoms with E-state index in [9.17, 15) is 14.4 Å². The van der Waals surface area contributed by atoms with E-state index in [-0.39, 0.29) is 18.1 Å². The molecule has 0 saturated heterocycles. The van der Waals surface area contributed by atoms with Crippen molar-refractivity contribution in [1.82, 2.24) is 4.57 Å². The summed E-state index contributed by atoms with van der Waals surface area (Å²) in [5.74, 6) is -0.832. The van der Waals surface area contributed by atoms with E-state index >= 15 is 0 Å². The predicted octanol–water partition coefficient (Wildman–Crippen LogP) is 2.43. The molecule has 1 atom stereocenters. The molecule has 2 aromatic carbocycles. The fourth-order valence-electron chi connectivity index (χ4n) is 4.25. The average Bonchev–Trinajstić information content (AvgIpc) is 3.28. The molecule has 166 valence electrons. The molecule has 3 aromatic rings. The highest BCUT2D eigenvalue weighted by Crippen LogP contribution is 2.32. The number of hydrogen-bond donors (Lipinski definition) is 1. The number of carbonyl (C=O) groups excluding carboxylic acids is 2. The Labute approximate surface area is 193 Å². The monoisotopic (exact) mass is 459 g/mol. The highest BCUT2D eigenvalue weighted by atomic mass is 32.1. The van der Waals surface area contributed by atoms with Gasteiger partial charge in [-0.15, -0.1) is 0 Å². The summed E-state index contributed by atoms with van der Waals surface area (Å²) in [5, 5.41) is 2.82. The van der Waals surface area contributed by atoms with Crippen LogP contribution in [0.25, 0.3) is 5.57 Å². The van der Waals surface area contributed by atoms with Crippen LogP contribution in [0.2, 0.25) is 0 Å². The summed E-state index contributed by atoms with van der Waals surface area (Å²) < 4.78 is 7.12. The van der Waals surface area contributed by atoms with Crippen LogP contribution in [0.15, 0.2) is 69.6 Å². The Bertz CT molecular complexity index is 1530. The molecule has 1 amide bonds. The number of carbonyl (C=O) groups is 2. The normalized spacial score (nSPS) is 18.4. The lowest BCUT2D eigenvalue weighted by Gasteiger charge is -2.24. The Morgan fingerprint density at radius 3 is 2.58 bits per heavy atom. The van der Waals surface area contributed by atoms with Gasteiger partial charge in [0.25, 0.3) is 11.5 Å². The first kappa shape index (κ1) is 21.1. The third-order valence-electron chi connectivity index (χ3n) is 5.78. The lowest BCUT2D eigenvalue weighted by Crippen LogP contribution is -2.40. The Balaban J connectivity index is 1.82. The smallest absolute Gasteiger partial charge is 0.338 e. The van der Waals surface area contributed by atoms with Crippen LogP contribution in [0.3, 0.4) is 0 Å². The number of aryl methyl sites for hydroxylation is 1. The lowest BCUT2D eigenvalue weighted by molar-refractivity contribution is -0.139. The summed E-state index contributed by atoms with van der Waals surface area (Å²) in [7, 11) is 0. The minimum absolute atomic E-state index is 0.210. The molecule has 0 fully saturated rings. The molecule has 0 radical (unpaired) electrons. The third-order valence-corrected chi connectivity index (χ3v) is 6.84. The quantitative estimate of drug-likeness (QED) is 0.610. The number of thiazole rings is 1. The molecule has 0 bridgehead atoms. The standard InChI is InChI=1S/C25H21N3O4S/c1-4-32-24(31)18-14(3)26-25-28(20(18)15-11-9-13(2)10-12-15)23(30)21(33-25)19-16-7-5-6-8-17(16)27-22(19)29/h5-12,20H,4H2,1-3H3,(H,27,29)/b21-19+/t20-/m0/s1. The van der Waals surface area contributed by atoms with Gasteiger partial charge in [-0.25, -0.2) is 9.79 Å². The van der Waals surface area contributed by atoms with Crippen LogP contribution in [0.5, 0.6) is 0 Å². The fraction of sp³-hybridized carbons (Fsp3) is 0.200. The van der Waals surface area contributed by atoms with Crippen molar-refractivity contribution in [2.24, 2.45) is 4.99 Å². The first-order chi connectivity index (χ1) is 15.9. The zero-order valence-corrected chi connectivity index (χ0v) is 19.2. The van der Waals surface area contributed by atoms with Crippen molar-refractivity contribution in [2.75, 3.05) is 11.9 Å². The molecule has 0 unspecified atom stereocenters. The second-order valence-electron chi connectivity index (χ2n) is 7.91. The van der Waals surface area contributed by atoms with Gasteiger partial charge < -0.3 is 10.1 Å². The molecule has 1 N–H and O–H groups in total. The second kappa shape index (κ2) is 7.97. The van der Waals surface area contributed by atoms with Crippen molar-refractivity contribution in [3.63, 3.8) is 0 Å². The summed E-state index contributed by atoms with van der Waals surface area (Å²) in [6.45, 7) is 5.66. The average molecular weight is 460 g/mol. The van der Waals surface area contributed by atoms with Crippen LogP contribution < -0.4 is 20.2 Å². The maximum absolute atomic E-state index is 13.8. The van der Waals surface area contributed by atoms with Gasteiger partial charge >= 0.3 is 5.97 Å². The SMILES string of the molecule is CCOC(=O)C1=C(C)N=c2s/c(=C3/C(=O)Nc4ccccc43)c(=O)n2[C@H]1c1ccc(C)cc1. The summed E-state index contributed by atoms with van der Waals surface area (Å²) >= 11 is 1.16. The Hall–Kier alpha value is -3.78. The van der Waals surface area contributed by atoms with Gasteiger partial charge in [0.2, 0.25) is 0 Å². The molecule has 1 aromatic heterocycles. The van der Waals surface area contributed by atoms with Gasteiger partial charge in [0, 0.05) is 11.3 Å². The van der Waals surface area contributed by atoms with Gasteiger partial charge in [-0.3, -0.25) is 14.2 Å². The van der Waals surface area contributed by atoms with Crippen LogP contribution in [0.4, 0.5) is 5.69 Å². The molecular formula is C25H21N3O4S. The van der Waals surface area contributed by atoms with Crippen LogP contribution >= 0.6 is 11.3 Å². The molecule has 0 saturated carbocycles. The van der Waals surface area contributed by atoms with Gasteiger partial charge in [0.15, 0.2) is 4.80 Å². The summed E-state index contributed by atoms with van der Waals surface area (Å²) in [6, 6.07) is 14.2. The van der Waals surface area contributed by atoms with Gasteiger partial charge in [-0.05, 0) is 32.4 Å². The number of aromatic nitrogens is 1. The van der Waals surface area contributed by atoms with E-state index in [0.717, 1.165) is 22.5 Å². The number of para-hydroxylation sites is 1. The molecule has 33 heavy (non-hydrogen) atoms. The van der Waals surface area contributed by atoms with Gasteiger partial charge in [-0.1, -0.05) is 59.4 Å². The number of esters is 1. The van der Waals surface area contributed by atoms with Crippen LogP contribution in [0.1, 0.15) is 36.6 Å². The van der Waals surface area contributed by atoms with Gasteiger partial charge in [-0.2, -0.15) is 0 Å². The number of rotatable bonds is 3. The highest BCUT2D eigenvalue weighted by Gasteiger charge is 2.35. The topological polar surface area (TPSA) is 89.8 Å². The number of anilines is 1. The highest BCUT2D eigenvalue weighted by molar-refractivity contribution is 7.07. The number of nitrogens with zero attached hydrogens (tertiary/aromatic N) is 2. The summed E-state index contributed by atoms with van der Waals surface area (Å²) in [4.78, 5) is 44.5. The number of ether oxygens (including phenoxy) is 1. The van der Waals surface area contributed by atoms with Crippen molar-refractivity contribution in [3.05, 3.63) is 96.2 Å². The molecule has 5 rings (SSSR count). The number of amides is 1. The number of benzene rings is 2. The van der Waals surface area contributed by atoms with E-state index in [4.69, 9.17) is 4.74 Å². The number of allylic oxidation sites excluding steroid dienone is 1. The second-order valence-corrected chi connectivity index (χ2v) is 8.89. The molecule has 8 heteroatoms. The lowest BCUT2D eigenvalue weighted by atomic mass is 9.95. The molecule has 0 spiro atoms. The van der Waals surface area contributed by atoms with Crippen LogP contribution in [-0.2, 0) is 14.3 Å². The Morgan fingerprint density at radius 1 is 1.12 bits per heavy atom.